The number of rotatable bonds is 0. The molecule has 0 amide bonds. The molecule has 1 aliphatic heterocycles. The number of hydrogen-bond acceptors (Lipinski definition) is 2. The first-order chi connectivity index (χ1) is 5.95. The van der Waals surface area contributed by atoms with E-state index in [9.17, 15) is 0 Å². The Morgan fingerprint density at radius 2 is 2.50 bits per heavy atom. The quantitative estimate of drug-likeness (QED) is 0.615. The lowest BCUT2D eigenvalue weighted by Gasteiger charge is -2.09. The summed E-state index contributed by atoms with van der Waals surface area (Å²) in [4.78, 5) is 6.62. The molecule has 3 heterocycles. The monoisotopic (exact) mass is 180 g/mol. The van der Waals surface area contributed by atoms with Gasteiger partial charge >= 0.3 is 0 Å². The molecule has 0 aliphatic carbocycles. The summed E-state index contributed by atoms with van der Waals surface area (Å²) in [5, 5.41) is 3.38. The summed E-state index contributed by atoms with van der Waals surface area (Å²) in [6, 6.07) is 0. The van der Waals surface area contributed by atoms with Crippen LogP contribution < -0.4 is 10.3 Å². The van der Waals surface area contributed by atoms with E-state index in [1.54, 1.807) is 11.3 Å². The maximum absolute atomic E-state index is 3.41. The summed E-state index contributed by atoms with van der Waals surface area (Å²) < 4.78 is 1.39. The minimum Gasteiger partial charge on any atom is -0.312 e. The largest absolute Gasteiger partial charge is 0.312 e. The molecule has 0 spiro atoms. The first kappa shape index (κ1) is 6.62. The van der Waals surface area contributed by atoms with E-state index in [0.717, 1.165) is 19.5 Å². The maximum Gasteiger partial charge on any atom is 0.295 e. The predicted octanol–water partition coefficient (Wildman–Crippen LogP) is 0.689. The highest BCUT2D eigenvalue weighted by molar-refractivity contribution is 7.16. The van der Waals surface area contributed by atoms with Crippen molar-refractivity contribution in [2.75, 3.05) is 6.54 Å². The topological polar surface area (TPSA) is 42.0 Å². The van der Waals surface area contributed by atoms with Crippen LogP contribution in [0.25, 0.3) is 10.3 Å². The predicted molar refractivity (Wildman–Crippen MR) is 48.1 cm³/mol. The smallest absolute Gasteiger partial charge is 0.295 e. The van der Waals surface area contributed by atoms with E-state index in [1.165, 1.54) is 21.6 Å². The van der Waals surface area contributed by atoms with Gasteiger partial charge in [-0.2, -0.15) is 0 Å². The van der Waals surface area contributed by atoms with Crippen LogP contribution in [0.3, 0.4) is 0 Å². The van der Waals surface area contributed by atoms with Crippen molar-refractivity contribution in [3.63, 3.8) is 0 Å². The first-order valence-corrected chi connectivity index (χ1v) is 5.02. The van der Waals surface area contributed by atoms with E-state index < -0.39 is 0 Å². The number of aromatic nitrogens is 2. The van der Waals surface area contributed by atoms with Crippen LogP contribution in [-0.4, -0.2) is 11.5 Å². The highest BCUT2D eigenvalue weighted by Crippen LogP contribution is 2.25. The number of nitrogens with one attached hydrogen (secondary N) is 3. The zero-order chi connectivity index (χ0) is 7.97. The van der Waals surface area contributed by atoms with Gasteiger partial charge in [-0.1, -0.05) is 11.3 Å². The molecule has 0 radical (unpaired) electrons. The van der Waals surface area contributed by atoms with E-state index in [-0.39, 0.29) is 0 Å². The fourth-order valence-electron chi connectivity index (χ4n) is 1.78. The third-order valence-electron chi connectivity index (χ3n) is 2.37. The van der Waals surface area contributed by atoms with E-state index >= 15 is 0 Å². The Morgan fingerprint density at radius 1 is 1.50 bits per heavy atom. The molecule has 0 fully saturated rings. The Bertz CT molecular complexity index is 415. The van der Waals surface area contributed by atoms with Crippen molar-refractivity contribution >= 4 is 21.7 Å². The van der Waals surface area contributed by atoms with Gasteiger partial charge in [0, 0.05) is 25.1 Å². The molecule has 0 bridgehead atoms. The molecule has 2 aromatic rings. The Balaban J connectivity index is 2.34. The summed E-state index contributed by atoms with van der Waals surface area (Å²) in [5.41, 5.74) is 6.08. The molecule has 1 aliphatic rings. The van der Waals surface area contributed by atoms with E-state index in [4.69, 9.17) is 0 Å². The Kier molecular flexibility index (Phi) is 1.27. The summed E-state index contributed by atoms with van der Waals surface area (Å²) in [6.07, 6.45) is 1.13. The van der Waals surface area contributed by atoms with Crippen molar-refractivity contribution in [1.82, 2.24) is 10.3 Å². The first-order valence-electron chi connectivity index (χ1n) is 4.14. The van der Waals surface area contributed by atoms with Crippen LogP contribution in [0.5, 0.6) is 0 Å². The summed E-state index contributed by atoms with van der Waals surface area (Å²) in [6.45, 7) is 2.12. The van der Waals surface area contributed by atoms with Gasteiger partial charge in [0.2, 0.25) is 0 Å². The summed E-state index contributed by atoms with van der Waals surface area (Å²) >= 11 is 1.78. The summed E-state index contributed by atoms with van der Waals surface area (Å²) in [5.74, 6) is 0. The molecule has 0 saturated carbocycles. The molecular formula is C8H10N3S+. The molecule has 0 saturated heterocycles. The van der Waals surface area contributed by atoms with Gasteiger partial charge in [0.1, 0.15) is 15.9 Å². The average Bonchev–Trinajstić information content (AvgIpc) is 2.62. The second kappa shape index (κ2) is 2.31. The average molecular weight is 180 g/mol. The normalized spacial score (nSPS) is 16.7. The highest BCUT2D eigenvalue weighted by atomic mass is 32.1. The number of thiazole rings is 1. The molecule has 12 heavy (non-hydrogen) atoms. The van der Waals surface area contributed by atoms with Gasteiger partial charge in [0.25, 0.3) is 5.65 Å². The number of H-pyrrole nitrogens is 2. The standard InChI is InChI=1S/C8H9N3S/c1-2-9-3-5-6(1)11-8-7(5)12-4-10-8/h4,9,11H,1-3H2/p+1. The minimum absolute atomic E-state index is 1.02. The fourth-order valence-corrected chi connectivity index (χ4v) is 2.64. The third-order valence-corrected chi connectivity index (χ3v) is 3.30. The van der Waals surface area contributed by atoms with Crippen LogP contribution in [0, 0.1) is 0 Å². The van der Waals surface area contributed by atoms with Crippen molar-refractivity contribution in [1.29, 1.82) is 0 Å². The molecule has 3 rings (SSSR count). The third kappa shape index (κ3) is 0.763. The van der Waals surface area contributed by atoms with E-state index in [0.29, 0.717) is 0 Å². The van der Waals surface area contributed by atoms with E-state index in [2.05, 4.69) is 15.3 Å². The van der Waals surface area contributed by atoms with Gasteiger partial charge in [-0.3, -0.25) is 0 Å². The second-order valence-corrected chi connectivity index (χ2v) is 3.97. The Hall–Kier alpha value is -0.870. The highest BCUT2D eigenvalue weighted by Gasteiger charge is 2.20. The van der Waals surface area contributed by atoms with Crippen LogP contribution in [0.4, 0.5) is 0 Å². The lowest BCUT2D eigenvalue weighted by molar-refractivity contribution is -0.340. The molecule has 0 aromatic carbocycles. The van der Waals surface area contributed by atoms with Crippen LogP contribution in [-0.2, 0) is 13.0 Å². The van der Waals surface area contributed by atoms with Gasteiger partial charge in [-0.25, -0.2) is 9.97 Å². The van der Waals surface area contributed by atoms with Crippen LogP contribution in [0.2, 0.25) is 0 Å². The Labute approximate surface area is 73.8 Å². The van der Waals surface area contributed by atoms with Gasteiger partial charge in [-0.05, 0) is 0 Å². The number of fused-ring (bicyclic) bond motifs is 3. The lowest BCUT2D eigenvalue weighted by atomic mass is 10.1. The molecule has 4 heteroatoms. The summed E-state index contributed by atoms with van der Waals surface area (Å²) in [7, 11) is 0. The molecule has 2 aromatic heterocycles. The van der Waals surface area contributed by atoms with Crippen LogP contribution >= 0.6 is 11.3 Å². The van der Waals surface area contributed by atoms with Crippen molar-refractivity contribution < 1.29 is 4.98 Å². The second-order valence-electron chi connectivity index (χ2n) is 3.09. The number of aromatic amines is 2. The van der Waals surface area contributed by atoms with Gasteiger partial charge < -0.3 is 5.32 Å². The SMILES string of the molecule is c1[nH+]c2[nH]c3c(c2s1)CNCC3. The zero-order valence-corrected chi connectivity index (χ0v) is 7.42. The molecular weight excluding hydrogens is 170 g/mol. The van der Waals surface area contributed by atoms with Crippen molar-refractivity contribution in [3.8, 4) is 0 Å². The van der Waals surface area contributed by atoms with Crippen molar-refractivity contribution in [2.45, 2.75) is 13.0 Å². The molecule has 0 atom stereocenters. The fraction of sp³-hybridized carbons (Fsp3) is 0.375. The molecule has 3 nitrogen and oxygen atoms in total. The minimum atomic E-state index is 1.02. The van der Waals surface area contributed by atoms with Gasteiger partial charge in [0.15, 0.2) is 0 Å². The maximum atomic E-state index is 3.41. The van der Waals surface area contributed by atoms with Gasteiger partial charge in [0.05, 0.1) is 0 Å². The van der Waals surface area contributed by atoms with Crippen LogP contribution in [0.1, 0.15) is 11.3 Å². The van der Waals surface area contributed by atoms with Crippen LogP contribution in [0.15, 0.2) is 5.51 Å². The molecule has 3 N–H and O–H groups in total. The van der Waals surface area contributed by atoms with Gasteiger partial charge in [-0.15, -0.1) is 0 Å². The molecule has 0 unspecified atom stereocenters. The Morgan fingerprint density at radius 3 is 3.50 bits per heavy atom. The van der Waals surface area contributed by atoms with Crippen molar-refractivity contribution in [2.24, 2.45) is 0 Å². The van der Waals surface area contributed by atoms with Crippen molar-refractivity contribution in [3.05, 3.63) is 16.8 Å². The lowest BCUT2D eigenvalue weighted by Crippen LogP contribution is -2.22. The van der Waals surface area contributed by atoms with E-state index in [1.807, 2.05) is 5.51 Å². The molecule has 62 valence electrons. The zero-order valence-electron chi connectivity index (χ0n) is 6.61. The number of hydrogen-bond donors (Lipinski definition) is 2.